The topological polar surface area (TPSA) is 66.6 Å². The lowest BCUT2D eigenvalue weighted by Crippen LogP contribution is -2.20. The van der Waals surface area contributed by atoms with Gasteiger partial charge in [-0.1, -0.05) is 6.07 Å². The highest BCUT2D eigenvalue weighted by Crippen LogP contribution is 2.29. The standard InChI is InChI=1S/C22H25F2N5/c1-14-28-19-9-15(5-6-20(19)29(14)4)21-18(10-17(23)13-27-21)16(11-25)12-26-8-7-22(2,3)24/h5-6,9-13,25-26H,7-8H2,1-4H3/b16-12+,25-11?. The van der Waals surface area contributed by atoms with Gasteiger partial charge in [-0.25, -0.2) is 13.8 Å². The summed E-state index contributed by atoms with van der Waals surface area (Å²) in [7, 11) is 1.95. The van der Waals surface area contributed by atoms with E-state index in [2.05, 4.69) is 15.3 Å². The molecule has 0 bridgehead atoms. The fourth-order valence-corrected chi connectivity index (χ4v) is 3.11. The minimum atomic E-state index is -1.28. The summed E-state index contributed by atoms with van der Waals surface area (Å²) in [6.07, 6.45) is 4.21. The zero-order chi connectivity index (χ0) is 21.2. The van der Waals surface area contributed by atoms with E-state index in [9.17, 15) is 8.78 Å². The molecule has 0 fully saturated rings. The van der Waals surface area contributed by atoms with Gasteiger partial charge in [-0.15, -0.1) is 0 Å². The van der Waals surface area contributed by atoms with Crippen molar-refractivity contribution in [2.75, 3.05) is 6.54 Å². The van der Waals surface area contributed by atoms with Gasteiger partial charge in [0.1, 0.15) is 17.3 Å². The molecule has 152 valence electrons. The Kier molecular flexibility index (Phi) is 5.77. The van der Waals surface area contributed by atoms with Crippen LogP contribution in [0.5, 0.6) is 0 Å². The normalized spacial score (nSPS) is 12.4. The van der Waals surface area contributed by atoms with Gasteiger partial charge in [-0.3, -0.25) is 4.98 Å². The molecule has 3 rings (SSSR count). The van der Waals surface area contributed by atoms with Crippen molar-refractivity contribution in [1.29, 1.82) is 5.41 Å². The highest BCUT2D eigenvalue weighted by Gasteiger charge is 2.15. The number of imidazole rings is 1. The van der Waals surface area contributed by atoms with Gasteiger partial charge >= 0.3 is 0 Å². The van der Waals surface area contributed by atoms with Gasteiger partial charge in [0.2, 0.25) is 0 Å². The van der Waals surface area contributed by atoms with E-state index in [1.54, 1.807) is 6.20 Å². The third-order valence-electron chi connectivity index (χ3n) is 4.82. The fourth-order valence-electron chi connectivity index (χ4n) is 3.11. The molecule has 3 aromatic rings. The SMILES string of the molecule is Cc1nc2cc(-c3ncc(F)cc3/C(C=N)=C/NCCC(C)(C)F)ccc2n1C. The maximum Gasteiger partial charge on any atom is 0.142 e. The predicted octanol–water partition coefficient (Wildman–Crippen LogP) is 4.80. The van der Waals surface area contributed by atoms with Gasteiger partial charge in [-0.2, -0.15) is 0 Å². The van der Waals surface area contributed by atoms with E-state index in [0.717, 1.165) is 34.8 Å². The first kappa shape index (κ1) is 20.6. The molecule has 0 saturated carbocycles. The number of fused-ring (bicyclic) bond motifs is 1. The average molecular weight is 397 g/mol. The predicted molar refractivity (Wildman–Crippen MR) is 113 cm³/mol. The molecule has 0 aliphatic heterocycles. The van der Waals surface area contributed by atoms with Crippen LogP contribution in [0.1, 0.15) is 31.7 Å². The molecular formula is C22H25F2N5. The number of aromatic nitrogens is 3. The van der Waals surface area contributed by atoms with E-state index in [-0.39, 0.29) is 0 Å². The molecule has 2 N–H and O–H groups in total. The first-order valence-electron chi connectivity index (χ1n) is 9.42. The first-order valence-corrected chi connectivity index (χ1v) is 9.42. The number of rotatable bonds is 7. The Bertz CT molecular complexity index is 1080. The maximum absolute atomic E-state index is 14.0. The summed E-state index contributed by atoms with van der Waals surface area (Å²) in [5.41, 5.74) is 2.81. The zero-order valence-corrected chi connectivity index (χ0v) is 17.1. The third-order valence-corrected chi connectivity index (χ3v) is 4.82. The molecule has 1 aromatic carbocycles. The zero-order valence-electron chi connectivity index (χ0n) is 17.1. The number of nitrogens with zero attached hydrogens (tertiary/aromatic N) is 3. The number of pyridine rings is 1. The number of hydrogen-bond acceptors (Lipinski definition) is 4. The molecule has 0 spiro atoms. The van der Waals surface area contributed by atoms with Gasteiger partial charge in [0, 0.05) is 42.7 Å². The molecule has 0 radical (unpaired) electrons. The van der Waals surface area contributed by atoms with Gasteiger partial charge in [0.25, 0.3) is 0 Å². The molecule has 0 unspecified atom stereocenters. The molecule has 29 heavy (non-hydrogen) atoms. The van der Waals surface area contributed by atoms with E-state index in [1.807, 2.05) is 36.7 Å². The number of benzene rings is 1. The van der Waals surface area contributed by atoms with Crippen LogP contribution in [0.3, 0.4) is 0 Å². The van der Waals surface area contributed by atoms with Gasteiger partial charge < -0.3 is 15.3 Å². The van der Waals surface area contributed by atoms with Crippen molar-refractivity contribution in [3.05, 3.63) is 53.9 Å². The monoisotopic (exact) mass is 397 g/mol. The molecule has 5 nitrogen and oxygen atoms in total. The lowest BCUT2D eigenvalue weighted by atomic mass is 10.00. The number of aryl methyl sites for hydroxylation is 2. The summed E-state index contributed by atoms with van der Waals surface area (Å²) in [5, 5.41) is 10.8. The summed E-state index contributed by atoms with van der Waals surface area (Å²) in [5.74, 6) is 0.403. The second kappa shape index (κ2) is 8.11. The van der Waals surface area contributed by atoms with Crippen LogP contribution in [0.25, 0.3) is 27.9 Å². The van der Waals surface area contributed by atoms with Crippen molar-refractivity contribution >= 4 is 22.8 Å². The number of nitrogens with one attached hydrogen (secondary N) is 2. The van der Waals surface area contributed by atoms with Crippen LogP contribution in [-0.2, 0) is 7.05 Å². The molecule has 0 atom stereocenters. The van der Waals surface area contributed by atoms with Gasteiger partial charge in [0.15, 0.2) is 0 Å². The minimum Gasteiger partial charge on any atom is -0.390 e. The fraction of sp³-hybridized carbons (Fsp3) is 0.318. The lowest BCUT2D eigenvalue weighted by molar-refractivity contribution is 0.202. The minimum absolute atomic E-state index is 0.318. The van der Waals surface area contributed by atoms with Gasteiger partial charge in [-0.05, 0) is 45.4 Å². The first-order chi connectivity index (χ1) is 13.7. The largest absolute Gasteiger partial charge is 0.390 e. The Morgan fingerprint density at radius 2 is 2.07 bits per heavy atom. The quantitative estimate of drug-likeness (QED) is 0.444. The van der Waals surface area contributed by atoms with E-state index in [0.29, 0.717) is 29.8 Å². The van der Waals surface area contributed by atoms with Crippen LogP contribution in [-0.4, -0.2) is 33.0 Å². The van der Waals surface area contributed by atoms with Crippen molar-refractivity contribution in [3.63, 3.8) is 0 Å². The second-order valence-corrected chi connectivity index (χ2v) is 7.64. The highest BCUT2D eigenvalue weighted by molar-refractivity contribution is 6.10. The number of hydrogen-bond donors (Lipinski definition) is 2. The Morgan fingerprint density at radius 1 is 1.31 bits per heavy atom. The summed E-state index contributed by atoms with van der Waals surface area (Å²) in [6, 6.07) is 7.13. The lowest BCUT2D eigenvalue weighted by Gasteiger charge is -2.14. The highest BCUT2D eigenvalue weighted by atomic mass is 19.1. The summed E-state index contributed by atoms with van der Waals surface area (Å²) in [6.45, 7) is 5.36. The molecule has 0 saturated heterocycles. The van der Waals surface area contributed by atoms with E-state index < -0.39 is 11.5 Å². The molecule has 7 heteroatoms. The molecule has 0 aliphatic carbocycles. The van der Waals surface area contributed by atoms with Crippen LogP contribution < -0.4 is 5.32 Å². The number of allylic oxidation sites excluding steroid dienone is 1. The Labute approximate surface area is 169 Å². The van der Waals surface area contributed by atoms with Crippen LogP contribution in [0.2, 0.25) is 0 Å². The average Bonchev–Trinajstić information content (AvgIpc) is 2.94. The van der Waals surface area contributed by atoms with Crippen LogP contribution in [0.4, 0.5) is 8.78 Å². The van der Waals surface area contributed by atoms with Crippen molar-refractivity contribution in [1.82, 2.24) is 19.9 Å². The Hall–Kier alpha value is -3.09. The van der Waals surface area contributed by atoms with Crippen molar-refractivity contribution < 1.29 is 8.78 Å². The third kappa shape index (κ3) is 4.67. The molecular weight excluding hydrogens is 372 g/mol. The molecule has 0 amide bonds. The van der Waals surface area contributed by atoms with E-state index in [1.165, 1.54) is 19.9 Å². The van der Waals surface area contributed by atoms with E-state index in [4.69, 9.17) is 5.41 Å². The van der Waals surface area contributed by atoms with Crippen LogP contribution in [0, 0.1) is 18.2 Å². The van der Waals surface area contributed by atoms with Crippen molar-refractivity contribution in [2.45, 2.75) is 32.9 Å². The summed E-state index contributed by atoms with van der Waals surface area (Å²) >= 11 is 0. The van der Waals surface area contributed by atoms with E-state index >= 15 is 0 Å². The Morgan fingerprint density at radius 3 is 2.76 bits per heavy atom. The summed E-state index contributed by atoms with van der Waals surface area (Å²) in [4.78, 5) is 8.83. The molecule has 2 aromatic heterocycles. The Balaban J connectivity index is 2.00. The van der Waals surface area contributed by atoms with Crippen molar-refractivity contribution in [3.8, 4) is 11.3 Å². The summed E-state index contributed by atoms with van der Waals surface area (Å²) < 4.78 is 29.6. The smallest absolute Gasteiger partial charge is 0.142 e. The molecule has 2 heterocycles. The van der Waals surface area contributed by atoms with Crippen molar-refractivity contribution in [2.24, 2.45) is 7.05 Å². The van der Waals surface area contributed by atoms with Crippen LogP contribution in [0.15, 0.2) is 36.7 Å². The van der Waals surface area contributed by atoms with Gasteiger partial charge in [0.05, 0.1) is 22.9 Å². The second-order valence-electron chi connectivity index (χ2n) is 7.64. The maximum atomic E-state index is 14.0. The number of halogens is 2. The molecule has 0 aliphatic rings. The van der Waals surface area contributed by atoms with Crippen LogP contribution >= 0.6 is 0 Å². The number of alkyl halides is 1.